The maximum Gasteiger partial charge on any atom is 0.328 e. The molecular weight excluding hydrogens is 298 g/mol. The minimum absolute atomic E-state index is 0.558. The summed E-state index contributed by atoms with van der Waals surface area (Å²) >= 11 is 0. The fraction of sp³-hybridized carbons (Fsp3) is 0. The van der Waals surface area contributed by atoms with Gasteiger partial charge in [0.05, 0.1) is 11.9 Å². The van der Waals surface area contributed by atoms with Crippen LogP contribution in [0.4, 0.5) is 0 Å². The molecule has 0 unspecified atom stereocenters. The molecule has 0 saturated carbocycles. The molecule has 0 aliphatic heterocycles. The van der Waals surface area contributed by atoms with Crippen LogP contribution in [0.5, 0.6) is 0 Å². The first kappa shape index (κ1) is 15.9. The first-order chi connectivity index (χ1) is 11.1. The van der Waals surface area contributed by atoms with Gasteiger partial charge >= 0.3 is 11.9 Å². The van der Waals surface area contributed by atoms with Crippen molar-refractivity contribution < 1.29 is 19.8 Å². The average molecular weight is 311 g/mol. The molecule has 0 aliphatic carbocycles. The molecule has 0 spiro atoms. The van der Waals surface area contributed by atoms with Crippen molar-refractivity contribution >= 4 is 23.0 Å². The SMILES string of the molecule is O=C(O)C=CC(=O)O.c1ccc(-n2ncc3cccnc32)cc1. The molecule has 7 heteroatoms. The highest BCUT2D eigenvalue weighted by Gasteiger charge is 2.03. The first-order valence-electron chi connectivity index (χ1n) is 6.56. The van der Waals surface area contributed by atoms with Crippen LogP contribution in [0.25, 0.3) is 16.7 Å². The zero-order valence-corrected chi connectivity index (χ0v) is 11.9. The van der Waals surface area contributed by atoms with Gasteiger partial charge in [-0.2, -0.15) is 5.10 Å². The third-order valence-corrected chi connectivity index (χ3v) is 2.70. The Kier molecular flexibility index (Phi) is 5.19. The lowest BCUT2D eigenvalue weighted by molar-refractivity contribution is -0.134. The molecule has 7 nitrogen and oxygen atoms in total. The van der Waals surface area contributed by atoms with Gasteiger partial charge in [-0.1, -0.05) is 18.2 Å². The second kappa shape index (κ2) is 7.51. The third-order valence-electron chi connectivity index (χ3n) is 2.70. The highest BCUT2D eigenvalue weighted by Crippen LogP contribution is 2.14. The predicted octanol–water partition coefficient (Wildman–Crippen LogP) is 2.13. The summed E-state index contributed by atoms with van der Waals surface area (Å²) in [6.07, 6.45) is 4.73. The Bertz CT molecular complexity index is 825. The van der Waals surface area contributed by atoms with E-state index < -0.39 is 11.9 Å². The fourth-order valence-corrected chi connectivity index (χ4v) is 1.76. The molecule has 0 atom stereocenters. The topological polar surface area (TPSA) is 105 Å². The van der Waals surface area contributed by atoms with Gasteiger partial charge in [0, 0.05) is 23.7 Å². The van der Waals surface area contributed by atoms with Crippen LogP contribution in [0.3, 0.4) is 0 Å². The van der Waals surface area contributed by atoms with Gasteiger partial charge in [0.2, 0.25) is 0 Å². The number of benzene rings is 1. The number of carboxylic acids is 2. The van der Waals surface area contributed by atoms with E-state index in [2.05, 4.69) is 10.1 Å². The smallest absolute Gasteiger partial charge is 0.328 e. The molecule has 0 aliphatic rings. The van der Waals surface area contributed by atoms with E-state index in [1.165, 1.54) is 0 Å². The second-order valence-electron chi connectivity index (χ2n) is 4.32. The molecule has 3 aromatic rings. The Morgan fingerprint density at radius 2 is 1.61 bits per heavy atom. The Morgan fingerprint density at radius 3 is 2.22 bits per heavy atom. The monoisotopic (exact) mass is 311 g/mol. The summed E-state index contributed by atoms with van der Waals surface area (Å²) in [6, 6.07) is 13.9. The molecule has 1 aromatic carbocycles. The number of carbonyl (C=O) groups is 2. The normalized spacial score (nSPS) is 10.3. The number of nitrogens with zero attached hydrogens (tertiary/aromatic N) is 3. The van der Waals surface area contributed by atoms with Gasteiger partial charge in [0.15, 0.2) is 5.65 Å². The standard InChI is InChI=1S/C12H9N3.C4H4O4/c1-2-6-11(7-3-1)15-12-10(9-14-15)5-4-8-13-12;5-3(6)1-2-4(7)8/h1-9H;1-2H,(H,5,6)(H,7,8). The number of hydrogen-bond acceptors (Lipinski definition) is 4. The van der Waals surface area contributed by atoms with Gasteiger partial charge in [-0.05, 0) is 24.3 Å². The van der Waals surface area contributed by atoms with E-state index in [4.69, 9.17) is 10.2 Å². The van der Waals surface area contributed by atoms with Crippen molar-refractivity contribution in [1.82, 2.24) is 14.8 Å². The highest BCUT2D eigenvalue weighted by molar-refractivity contribution is 5.89. The van der Waals surface area contributed by atoms with Crippen LogP contribution in [0.1, 0.15) is 0 Å². The van der Waals surface area contributed by atoms with Gasteiger partial charge in [-0.3, -0.25) is 0 Å². The number of carboxylic acid groups (broad SMARTS) is 2. The zero-order valence-electron chi connectivity index (χ0n) is 11.9. The van der Waals surface area contributed by atoms with Crippen LogP contribution in [0.15, 0.2) is 67.0 Å². The van der Waals surface area contributed by atoms with Gasteiger partial charge < -0.3 is 10.2 Å². The van der Waals surface area contributed by atoms with Crippen molar-refractivity contribution in [3.8, 4) is 5.69 Å². The first-order valence-corrected chi connectivity index (χ1v) is 6.56. The van der Waals surface area contributed by atoms with Gasteiger partial charge in [0.25, 0.3) is 0 Å². The Morgan fingerprint density at radius 1 is 0.957 bits per heavy atom. The molecule has 116 valence electrons. The van der Waals surface area contributed by atoms with Crippen LogP contribution < -0.4 is 0 Å². The van der Waals surface area contributed by atoms with Crippen LogP contribution in [-0.4, -0.2) is 36.9 Å². The molecule has 0 fully saturated rings. The van der Waals surface area contributed by atoms with E-state index in [1.54, 1.807) is 6.20 Å². The number of fused-ring (bicyclic) bond motifs is 1. The van der Waals surface area contributed by atoms with Gasteiger partial charge in [0.1, 0.15) is 0 Å². The molecular formula is C16H13N3O4. The van der Waals surface area contributed by atoms with E-state index in [0.717, 1.165) is 16.7 Å². The van der Waals surface area contributed by atoms with Crippen LogP contribution in [0, 0.1) is 0 Å². The molecule has 0 bridgehead atoms. The van der Waals surface area contributed by atoms with Crippen molar-refractivity contribution in [2.75, 3.05) is 0 Å². The molecule has 3 rings (SSSR count). The summed E-state index contributed by atoms with van der Waals surface area (Å²) in [5.74, 6) is -2.51. The molecule has 0 radical (unpaired) electrons. The second-order valence-corrected chi connectivity index (χ2v) is 4.32. The average Bonchev–Trinajstić information content (AvgIpc) is 2.98. The molecule has 23 heavy (non-hydrogen) atoms. The lowest BCUT2D eigenvalue weighted by atomic mass is 10.3. The van der Waals surface area contributed by atoms with Crippen molar-refractivity contribution in [3.05, 3.63) is 67.0 Å². The van der Waals surface area contributed by atoms with E-state index in [1.807, 2.05) is 53.3 Å². The van der Waals surface area contributed by atoms with Crippen molar-refractivity contribution in [2.45, 2.75) is 0 Å². The van der Waals surface area contributed by atoms with E-state index in [-0.39, 0.29) is 0 Å². The summed E-state index contributed by atoms with van der Waals surface area (Å²) < 4.78 is 1.84. The van der Waals surface area contributed by atoms with E-state index >= 15 is 0 Å². The number of rotatable bonds is 3. The maximum absolute atomic E-state index is 9.55. The van der Waals surface area contributed by atoms with Crippen LogP contribution in [0.2, 0.25) is 0 Å². The lowest BCUT2D eigenvalue weighted by Gasteiger charge is -2.00. The quantitative estimate of drug-likeness (QED) is 0.718. The zero-order chi connectivity index (χ0) is 16.7. The highest BCUT2D eigenvalue weighted by atomic mass is 16.4. The summed E-state index contributed by atoms with van der Waals surface area (Å²) in [6.45, 7) is 0. The summed E-state index contributed by atoms with van der Waals surface area (Å²) in [4.78, 5) is 23.4. The van der Waals surface area contributed by atoms with Crippen molar-refractivity contribution in [3.63, 3.8) is 0 Å². The Hall–Kier alpha value is -3.48. The number of aliphatic carboxylic acids is 2. The van der Waals surface area contributed by atoms with Crippen LogP contribution >= 0.6 is 0 Å². The maximum atomic E-state index is 9.55. The van der Waals surface area contributed by atoms with E-state index in [0.29, 0.717) is 12.2 Å². The van der Waals surface area contributed by atoms with Gasteiger partial charge in [-0.25, -0.2) is 19.3 Å². The molecule has 2 aromatic heterocycles. The largest absolute Gasteiger partial charge is 0.478 e. The lowest BCUT2D eigenvalue weighted by Crippen LogP contribution is -1.96. The number of para-hydroxylation sites is 1. The van der Waals surface area contributed by atoms with Crippen LogP contribution in [-0.2, 0) is 9.59 Å². The number of pyridine rings is 1. The third kappa shape index (κ3) is 4.50. The summed E-state index contributed by atoms with van der Waals surface area (Å²) in [5.41, 5.74) is 1.93. The predicted molar refractivity (Wildman–Crippen MR) is 83.3 cm³/mol. The Balaban J connectivity index is 0.000000207. The molecule has 0 amide bonds. The molecule has 0 saturated heterocycles. The Labute approximate surface area is 131 Å². The minimum atomic E-state index is -1.26. The summed E-state index contributed by atoms with van der Waals surface area (Å²) in [5, 5.41) is 21.0. The summed E-state index contributed by atoms with van der Waals surface area (Å²) in [7, 11) is 0. The van der Waals surface area contributed by atoms with E-state index in [9.17, 15) is 9.59 Å². The number of hydrogen-bond donors (Lipinski definition) is 2. The number of aromatic nitrogens is 3. The molecule has 2 heterocycles. The minimum Gasteiger partial charge on any atom is -0.478 e. The van der Waals surface area contributed by atoms with Gasteiger partial charge in [-0.15, -0.1) is 0 Å². The fourth-order valence-electron chi connectivity index (χ4n) is 1.76. The van der Waals surface area contributed by atoms with Crippen molar-refractivity contribution in [2.24, 2.45) is 0 Å². The molecule has 2 N–H and O–H groups in total. The van der Waals surface area contributed by atoms with Crippen molar-refractivity contribution in [1.29, 1.82) is 0 Å².